The highest BCUT2D eigenvalue weighted by molar-refractivity contribution is 5.84. The van der Waals surface area contributed by atoms with Crippen molar-refractivity contribution in [3.63, 3.8) is 0 Å². The Morgan fingerprint density at radius 3 is 2.53 bits per heavy atom. The first kappa shape index (κ1) is 13.2. The van der Waals surface area contributed by atoms with E-state index in [0.717, 1.165) is 0 Å². The quantitative estimate of drug-likeness (QED) is 0.671. The maximum atomic E-state index is 11.3. The van der Waals surface area contributed by atoms with Crippen LogP contribution in [0.3, 0.4) is 0 Å². The lowest BCUT2D eigenvalue weighted by atomic mass is 10.0. The van der Waals surface area contributed by atoms with E-state index in [9.17, 15) is 4.79 Å². The molecule has 0 aromatic heterocycles. The molecular weight excluding hydrogens is 218 g/mol. The van der Waals surface area contributed by atoms with Gasteiger partial charge >= 0.3 is 0 Å². The molecule has 1 rings (SSSR count). The van der Waals surface area contributed by atoms with Crippen LogP contribution in [0.1, 0.15) is 13.8 Å². The zero-order chi connectivity index (χ0) is 13.0. The number of benzene rings is 1. The second-order valence-corrected chi connectivity index (χ2v) is 4.22. The fraction of sp³-hybridized carbons (Fsp3) is 0.417. The molecule has 17 heavy (non-hydrogen) atoms. The van der Waals surface area contributed by atoms with Crippen molar-refractivity contribution in [1.29, 1.82) is 0 Å². The predicted molar refractivity (Wildman–Crippen MR) is 68.8 cm³/mol. The molecule has 1 amide bonds. The van der Waals surface area contributed by atoms with E-state index in [2.05, 4.69) is 5.32 Å². The molecule has 5 N–H and O–H groups in total. The molecule has 0 aliphatic rings. The lowest BCUT2D eigenvalue weighted by Crippen LogP contribution is -2.39. The van der Waals surface area contributed by atoms with E-state index >= 15 is 0 Å². The normalized spacial score (nSPS) is 12.2. The Labute approximate surface area is 101 Å². The number of carbonyl (C=O) groups excluding carboxylic acids is 1. The van der Waals surface area contributed by atoms with E-state index in [1.54, 1.807) is 25.3 Å². The molecule has 94 valence electrons. The highest BCUT2D eigenvalue weighted by Crippen LogP contribution is 2.25. The maximum absolute atomic E-state index is 11.3. The molecule has 0 saturated heterocycles. The van der Waals surface area contributed by atoms with Crippen LogP contribution >= 0.6 is 0 Å². The van der Waals surface area contributed by atoms with Crippen molar-refractivity contribution in [2.24, 2.45) is 11.7 Å². The Balaban J connectivity index is 2.96. The highest BCUT2D eigenvalue weighted by Gasteiger charge is 2.20. The summed E-state index contributed by atoms with van der Waals surface area (Å²) in [5.41, 5.74) is 12.4. The Morgan fingerprint density at radius 2 is 2.06 bits per heavy atom. The molecule has 0 aliphatic heterocycles. The number of methoxy groups -OCH3 is 1. The summed E-state index contributed by atoms with van der Waals surface area (Å²) in [5.74, 6) is 0.356. The first-order valence-electron chi connectivity index (χ1n) is 5.45. The molecular formula is C12H19N3O2. The number of nitrogen functional groups attached to an aromatic ring is 1. The van der Waals surface area contributed by atoms with Crippen LogP contribution < -0.4 is 21.5 Å². The minimum atomic E-state index is -0.454. The van der Waals surface area contributed by atoms with Gasteiger partial charge in [0.15, 0.2) is 0 Å². The van der Waals surface area contributed by atoms with Crippen LogP contribution in [0.2, 0.25) is 0 Å². The number of nitrogens with two attached hydrogens (primary N) is 2. The standard InChI is InChI=1S/C12H19N3O2/c1-7(2)11(12(14)16)15-10-6-8(17-3)4-5-9(10)13/h4-7,11,15H,13H2,1-3H3,(H2,14,16). The third-order valence-corrected chi connectivity index (χ3v) is 2.54. The zero-order valence-electron chi connectivity index (χ0n) is 10.4. The summed E-state index contributed by atoms with van der Waals surface area (Å²) in [5, 5.41) is 3.04. The Hall–Kier alpha value is -1.91. The Kier molecular flexibility index (Phi) is 4.20. The summed E-state index contributed by atoms with van der Waals surface area (Å²) in [6.45, 7) is 3.83. The zero-order valence-corrected chi connectivity index (χ0v) is 10.4. The van der Waals surface area contributed by atoms with Gasteiger partial charge in [-0.25, -0.2) is 0 Å². The van der Waals surface area contributed by atoms with Gasteiger partial charge in [-0.1, -0.05) is 13.8 Å². The van der Waals surface area contributed by atoms with Gasteiger partial charge < -0.3 is 21.5 Å². The molecule has 1 atom stereocenters. The van der Waals surface area contributed by atoms with Crippen molar-refractivity contribution in [2.45, 2.75) is 19.9 Å². The van der Waals surface area contributed by atoms with Crippen molar-refractivity contribution in [2.75, 3.05) is 18.2 Å². The molecule has 0 spiro atoms. The van der Waals surface area contributed by atoms with Crippen molar-refractivity contribution < 1.29 is 9.53 Å². The number of hydrogen-bond donors (Lipinski definition) is 3. The molecule has 1 aromatic rings. The predicted octanol–water partition coefficient (Wildman–Crippen LogP) is 1.20. The molecule has 1 aromatic carbocycles. The topological polar surface area (TPSA) is 90.4 Å². The number of nitrogens with one attached hydrogen (secondary N) is 1. The molecule has 5 nitrogen and oxygen atoms in total. The van der Waals surface area contributed by atoms with Crippen LogP contribution in [-0.2, 0) is 4.79 Å². The van der Waals surface area contributed by atoms with E-state index in [-0.39, 0.29) is 5.92 Å². The molecule has 0 bridgehead atoms. The number of primary amides is 1. The van der Waals surface area contributed by atoms with Crippen molar-refractivity contribution in [1.82, 2.24) is 0 Å². The second-order valence-electron chi connectivity index (χ2n) is 4.22. The van der Waals surface area contributed by atoms with Gasteiger partial charge in [0.05, 0.1) is 18.5 Å². The van der Waals surface area contributed by atoms with Crippen LogP contribution in [0.5, 0.6) is 5.75 Å². The molecule has 0 heterocycles. The summed E-state index contributed by atoms with van der Waals surface area (Å²) < 4.78 is 5.10. The number of hydrogen-bond acceptors (Lipinski definition) is 4. The Bertz CT molecular complexity index is 405. The fourth-order valence-corrected chi connectivity index (χ4v) is 1.52. The van der Waals surface area contributed by atoms with Crippen molar-refractivity contribution in [3.8, 4) is 5.75 Å². The third-order valence-electron chi connectivity index (χ3n) is 2.54. The van der Waals surface area contributed by atoms with Gasteiger partial charge in [-0.2, -0.15) is 0 Å². The van der Waals surface area contributed by atoms with Gasteiger partial charge in [0.25, 0.3) is 0 Å². The van der Waals surface area contributed by atoms with Gasteiger partial charge in [0.2, 0.25) is 5.91 Å². The summed E-state index contributed by atoms with van der Waals surface area (Å²) in [6.07, 6.45) is 0. The van der Waals surface area contributed by atoms with Gasteiger partial charge in [-0.3, -0.25) is 4.79 Å². The molecule has 1 unspecified atom stereocenters. The van der Waals surface area contributed by atoms with E-state index in [1.807, 2.05) is 13.8 Å². The minimum absolute atomic E-state index is 0.0816. The molecule has 0 aliphatic carbocycles. The number of rotatable bonds is 5. The average molecular weight is 237 g/mol. The van der Waals surface area contributed by atoms with Gasteiger partial charge in [-0.15, -0.1) is 0 Å². The summed E-state index contributed by atoms with van der Waals surface area (Å²) in [4.78, 5) is 11.3. The number of amides is 1. The van der Waals surface area contributed by atoms with Crippen LogP contribution in [-0.4, -0.2) is 19.1 Å². The minimum Gasteiger partial charge on any atom is -0.497 e. The van der Waals surface area contributed by atoms with E-state index in [4.69, 9.17) is 16.2 Å². The maximum Gasteiger partial charge on any atom is 0.240 e. The first-order chi connectivity index (χ1) is 7.95. The van der Waals surface area contributed by atoms with Crippen molar-refractivity contribution in [3.05, 3.63) is 18.2 Å². The van der Waals surface area contributed by atoms with Gasteiger partial charge in [0.1, 0.15) is 11.8 Å². The van der Waals surface area contributed by atoms with Crippen LogP contribution in [0.15, 0.2) is 18.2 Å². The molecule has 0 fully saturated rings. The Morgan fingerprint density at radius 1 is 1.41 bits per heavy atom. The van der Waals surface area contributed by atoms with Gasteiger partial charge in [0, 0.05) is 6.07 Å². The fourth-order valence-electron chi connectivity index (χ4n) is 1.52. The summed E-state index contributed by atoms with van der Waals surface area (Å²) in [6, 6.07) is 4.77. The van der Waals surface area contributed by atoms with E-state index < -0.39 is 11.9 Å². The lowest BCUT2D eigenvalue weighted by Gasteiger charge is -2.21. The molecule has 0 radical (unpaired) electrons. The summed E-state index contributed by atoms with van der Waals surface area (Å²) >= 11 is 0. The third kappa shape index (κ3) is 3.27. The number of anilines is 2. The summed E-state index contributed by atoms with van der Waals surface area (Å²) in [7, 11) is 1.57. The lowest BCUT2D eigenvalue weighted by molar-refractivity contribution is -0.119. The molecule has 0 saturated carbocycles. The average Bonchev–Trinajstić information content (AvgIpc) is 2.27. The van der Waals surface area contributed by atoms with E-state index in [0.29, 0.717) is 17.1 Å². The largest absolute Gasteiger partial charge is 0.497 e. The van der Waals surface area contributed by atoms with Crippen LogP contribution in [0.25, 0.3) is 0 Å². The highest BCUT2D eigenvalue weighted by atomic mass is 16.5. The second kappa shape index (κ2) is 5.43. The smallest absolute Gasteiger partial charge is 0.240 e. The van der Waals surface area contributed by atoms with Crippen molar-refractivity contribution >= 4 is 17.3 Å². The number of carbonyl (C=O) groups is 1. The number of ether oxygens (including phenoxy) is 1. The van der Waals surface area contributed by atoms with Gasteiger partial charge in [-0.05, 0) is 18.1 Å². The molecule has 5 heteroatoms. The van der Waals surface area contributed by atoms with E-state index in [1.165, 1.54) is 0 Å². The van der Waals surface area contributed by atoms with Crippen LogP contribution in [0, 0.1) is 5.92 Å². The van der Waals surface area contributed by atoms with Crippen LogP contribution in [0.4, 0.5) is 11.4 Å². The first-order valence-corrected chi connectivity index (χ1v) is 5.45. The SMILES string of the molecule is COc1ccc(N)c(NC(C(N)=O)C(C)C)c1. The monoisotopic (exact) mass is 237 g/mol.